The molecule has 3 aromatic rings. The first-order valence-corrected chi connectivity index (χ1v) is 7.56. The molecule has 2 heterocycles. The molecular formula is C15H16N4OS. The Labute approximate surface area is 126 Å². The average molecular weight is 300 g/mol. The summed E-state index contributed by atoms with van der Waals surface area (Å²) in [7, 11) is 0. The number of hydrogen-bond acceptors (Lipinski definition) is 4. The number of hydrogen-bond donors (Lipinski definition) is 2. The van der Waals surface area contributed by atoms with Crippen molar-refractivity contribution in [2.75, 3.05) is 5.32 Å². The van der Waals surface area contributed by atoms with E-state index in [1.807, 2.05) is 31.2 Å². The fraction of sp³-hybridized carbons (Fsp3) is 0.267. The zero-order chi connectivity index (χ0) is 15.0. The van der Waals surface area contributed by atoms with Crippen LogP contribution in [-0.2, 0) is 0 Å². The predicted octanol–water partition coefficient (Wildman–Crippen LogP) is 3.70. The van der Waals surface area contributed by atoms with Gasteiger partial charge < -0.3 is 5.32 Å². The van der Waals surface area contributed by atoms with E-state index in [1.54, 1.807) is 0 Å². The number of nitrogens with one attached hydrogen (secondary N) is 2. The summed E-state index contributed by atoms with van der Waals surface area (Å²) >= 11 is 1.33. The van der Waals surface area contributed by atoms with E-state index in [0.29, 0.717) is 17.4 Å². The number of amides is 1. The Kier molecular flexibility index (Phi) is 3.47. The average Bonchev–Trinajstić information content (AvgIpc) is 3.03. The van der Waals surface area contributed by atoms with Crippen molar-refractivity contribution in [2.24, 2.45) is 0 Å². The van der Waals surface area contributed by atoms with Crippen LogP contribution in [0.15, 0.2) is 24.3 Å². The molecule has 0 saturated heterocycles. The molecule has 0 radical (unpaired) electrons. The van der Waals surface area contributed by atoms with Crippen molar-refractivity contribution in [3.05, 3.63) is 41.2 Å². The molecule has 0 aliphatic heterocycles. The molecular weight excluding hydrogens is 284 g/mol. The minimum atomic E-state index is -0.225. The SMILES string of the molecule is Cc1c(NC(=O)c2nsc3ccccc23)n[nH]c1C(C)C. The molecule has 21 heavy (non-hydrogen) atoms. The van der Waals surface area contributed by atoms with Gasteiger partial charge in [0.1, 0.15) is 5.69 Å². The standard InChI is InChI=1S/C15H16N4OS/c1-8(2)12-9(3)14(18-17-12)16-15(20)13-10-6-4-5-7-11(10)21-19-13/h4-8H,1-3H3,(H2,16,17,18,20). The molecule has 0 saturated carbocycles. The number of nitrogens with zero attached hydrogens (tertiary/aromatic N) is 2. The zero-order valence-electron chi connectivity index (χ0n) is 12.1. The van der Waals surface area contributed by atoms with Gasteiger partial charge in [-0.3, -0.25) is 9.89 Å². The molecule has 108 valence electrons. The Bertz CT molecular complexity index is 803. The highest BCUT2D eigenvalue weighted by Crippen LogP contribution is 2.25. The topological polar surface area (TPSA) is 70.7 Å². The summed E-state index contributed by atoms with van der Waals surface area (Å²) in [6.07, 6.45) is 0. The highest BCUT2D eigenvalue weighted by atomic mass is 32.1. The van der Waals surface area contributed by atoms with E-state index >= 15 is 0 Å². The molecule has 5 nitrogen and oxygen atoms in total. The molecule has 0 atom stereocenters. The maximum absolute atomic E-state index is 12.4. The molecule has 0 aliphatic carbocycles. The molecule has 0 aliphatic rings. The summed E-state index contributed by atoms with van der Waals surface area (Å²) in [6, 6.07) is 7.71. The lowest BCUT2D eigenvalue weighted by Crippen LogP contribution is -2.13. The maximum atomic E-state index is 12.4. The highest BCUT2D eigenvalue weighted by Gasteiger charge is 2.18. The quantitative estimate of drug-likeness (QED) is 0.774. The molecule has 2 aromatic heterocycles. The number of carbonyl (C=O) groups is 1. The smallest absolute Gasteiger partial charge is 0.277 e. The van der Waals surface area contributed by atoms with E-state index in [-0.39, 0.29) is 5.91 Å². The van der Waals surface area contributed by atoms with E-state index in [1.165, 1.54) is 11.5 Å². The van der Waals surface area contributed by atoms with Crippen LogP contribution in [0, 0.1) is 6.92 Å². The summed E-state index contributed by atoms with van der Waals surface area (Å²) in [5.74, 6) is 0.682. The van der Waals surface area contributed by atoms with Crippen molar-refractivity contribution in [3.8, 4) is 0 Å². The van der Waals surface area contributed by atoms with Gasteiger partial charge in [-0.2, -0.15) is 9.47 Å². The lowest BCUT2D eigenvalue weighted by Gasteiger charge is -2.04. The van der Waals surface area contributed by atoms with E-state index in [9.17, 15) is 4.79 Å². The van der Waals surface area contributed by atoms with Gasteiger partial charge in [-0.1, -0.05) is 32.0 Å². The van der Waals surface area contributed by atoms with Crippen molar-refractivity contribution in [1.82, 2.24) is 14.6 Å². The Morgan fingerprint density at radius 3 is 2.81 bits per heavy atom. The van der Waals surface area contributed by atoms with E-state index in [0.717, 1.165) is 21.3 Å². The second-order valence-electron chi connectivity index (χ2n) is 5.25. The Balaban J connectivity index is 1.90. The molecule has 3 rings (SSSR count). The molecule has 1 amide bonds. The first-order chi connectivity index (χ1) is 10.1. The molecule has 0 bridgehead atoms. The van der Waals surface area contributed by atoms with E-state index < -0.39 is 0 Å². The van der Waals surface area contributed by atoms with Crippen molar-refractivity contribution >= 4 is 33.3 Å². The lowest BCUT2D eigenvalue weighted by molar-refractivity contribution is 0.102. The van der Waals surface area contributed by atoms with E-state index in [2.05, 4.69) is 33.7 Å². The number of aromatic nitrogens is 3. The summed E-state index contributed by atoms with van der Waals surface area (Å²) < 4.78 is 5.26. The maximum Gasteiger partial charge on any atom is 0.277 e. The van der Waals surface area contributed by atoms with Gasteiger partial charge in [0.25, 0.3) is 5.91 Å². The minimum Gasteiger partial charge on any atom is -0.303 e. The Morgan fingerprint density at radius 1 is 1.33 bits per heavy atom. The molecule has 6 heteroatoms. The van der Waals surface area contributed by atoms with Crippen LogP contribution in [0.5, 0.6) is 0 Å². The summed E-state index contributed by atoms with van der Waals surface area (Å²) in [5.41, 5.74) is 2.45. The highest BCUT2D eigenvalue weighted by molar-refractivity contribution is 7.13. The first kappa shape index (κ1) is 13.8. The zero-order valence-corrected chi connectivity index (χ0v) is 12.9. The number of anilines is 1. The van der Waals surface area contributed by atoms with Gasteiger partial charge >= 0.3 is 0 Å². The molecule has 0 spiro atoms. The van der Waals surface area contributed by atoms with Crippen LogP contribution < -0.4 is 5.32 Å². The van der Waals surface area contributed by atoms with Gasteiger partial charge in [0.15, 0.2) is 5.82 Å². The fourth-order valence-electron chi connectivity index (χ4n) is 2.31. The second kappa shape index (κ2) is 5.29. The molecule has 1 aromatic carbocycles. The number of fused-ring (bicyclic) bond motifs is 1. The minimum absolute atomic E-state index is 0.225. The molecule has 0 unspecified atom stereocenters. The first-order valence-electron chi connectivity index (χ1n) is 6.78. The van der Waals surface area contributed by atoms with Gasteiger partial charge in [-0.15, -0.1) is 0 Å². The van der Waals surface area contributed by atoms with Crippen molar-refractivity contribution in [1.29, 1.82) is 0 Å². The van der Waals surface area contributed by atoms with Crippen LogP contribution in [-0.4, -0.2) is 20.5 Å². The van der Waals surface area contributed by atoms with Crippen LogP contribution in [0.2, 0.25) is 0 Å². The monoisotopic (exact) mass is 300 g/mol. The summed E-state index contributed by atoms with van der Waals surface area (Å²) in [6.45, 7) is 6.12. The van der Waals surface area contributed by atoms with E-state index in [4.69, 9.17) is 0 Å². The van der Waals surface area contributed by atoms with Crippen molar-refractivity contribution in [2.45, 2.75) is 26.7 Å². The summed E-state index contributed by atoms with van der Waals surface area (Å²) in [5, 5.41) is 10.9. The predicted molar refractivity (Wildman–Crippen MR) is 85.0 cm³/mol. The van der Waals surface area contributed by atoms with Crippen LogP contribution in [0.3, 0.4) is 0 Å². The molecule has 2 N–H and O–H groups in total. The van der Waals surface area contributed by atoms with Crippen LogP contribution in [0.25, 0.3) is 10.1 Å². The van der Waals surface area contributed by atoms with Crippen molar-refractivity contribution < 1.29 is 4.79 Å². The lowest BCUT2D eigenvalue weighted by atomic mass is 10.1. The normalized spacial score (nSPS) is 11.2. The third kappa shape index (κ3) is 2.42. The summed E-state index contributed by atoms with van der Waals surface area (Å²) in [4.78, 5) is 12.4. The van der Waals surface area contributed by atoms with Gasteiger partial charge in [-0.05, 0) is 30.4 Å². The van der Waals surface area contributed by atoms with Crippen LogP contribution in [0.1, 0.15) is 41.5 Å². The fourth-order valence-corrected chi connectivity index (χ4v) is 3.08. The number of rotatable bonds is 3. The largest absolute Gasteiger partial charge is 0.303 e. The van der Waals surface area contributed by atoms with Gasteiger partial charge in [0.05, 0.1) is 4.70 Å². The number of aromatic amines is 1. The molecule has 0 fully saturated rings. The van der Waals surface area contributed by atoms with Gasteiger partial charge in [0.2, 0.25) is 0 Å². The number of benzene rings is 1. The van der Waals surface area contributed by atoms with Crippen LogP contribution >= 0.6 is 11.5 Å². The van der Waals surface area contributed by atoms with Crippen molar-refractivity contribution in [3.63, 3.8) is 0 Å². The third-order valence-corrected chi connectivity index (χ3v) is 4.28. The Morgan fingerprint density at radius 2 is 2.10 bits per heavy atom. The number of carbonyl (C=O) groups excluding carboxylic acids is 1. The number of H-pyrrole nitrogens is 1. The van der Waals surface area contributed by atoms with Crippen LogP contribution in [0.4, 0.5) is 5.82 Å². The second-order valence-corrected chi connectivity index (χ2v) is 6.05. The Hall–Kier alpha value is -2.21. The third-order valence-electron chi connectivity index (χ3n) is 3.45. The van der Waals surface area contributed by atoms with Gasteiger partial charge in [-0.25, -0.2) is 0 Å². The van der Waals surface area contributed by atoms with Gasteiger partial charge in [0, 0.05) is 16.6 Å².